The summed E-state index contributed by atoms with van der Waals surface area (Å²) in [5.41, 5.74) is -0.576. The van der Waals surface area contributed by atoms with E-state index < -0.39 is 11.6 Å². The number of hydrogen-bond acceptors (Lipinski definition) is 1. The van der Waals surface area contributed by atoms with Gasteiger partial charge in [0.15, 0.2) is 0 Å². The van der Waals surface area contributed by atoms with Gasteiger partial charge in [-0.2, -0.15) is 13.2 Å². The largest absolute Gasteiger partial charge is 0.398 e. The van der Waals surface area contributed by atoms with Gasteiger partial charge < -0.3 is 4.90 Å². The third kappa shape index (κ3) is 2.07. The summed E-state index contributed by atoms with van der Waals surface area (Å²) in [6, 6.07) is 0. The molecule has 1 nitrogen and oxygen atoms in total. The van der Waals surface area contributed by atoms with Crippen LogP contribution >= 0.6 is 11.6 Å². The van der Waals surface area contributed by atoms with Gasteiger partial charge in [-0.25, -0.2) is 0 Å². The first-order chi connectivity index (χ1) is 7.94. The van der Waals surface area contributed by atoms with Crippen molar-refractivity contribution in [3.63, 3.8) is 0 Å². The van der Waals surface area contributed by atoms with Crippen molar-refractivity contribution in [2.24, 2.45) is 5.41 Å². The molecule has 5 heteroatoms. The summed E-state index contributed by atoms with van der Waals surface area (Å²) in [6.45, 7) is 3.30. The normalized spacial score (nSPS) is 23.2. The van der Waals surface area contributed by atoms with Crippen LogP contribution in [0.2, 0.25) is 0 Å². The van der Waals surface area contributed by atoms with E-state index in [0.717, 1.165) is 6.54 Å². The molecular formula is C12H15ClF3N. The van der Waals surface area contributed by atoms with Gasteiger partial charge in [0.05, 0.1) is 5.41 Å². The van der Waals surface area contributed by atoms with Crippen LogP contribution in [0.4, 0.5) is 13.2 Å². The van der Waals surface area contributed by atoms with Crippen LogP contribution in [0.5, 0.6) is 0 Å². The third-order valence-electron chi connectivity index (χ3n) is 3.57. The summed E-state index contributed by atoms with van der Waals surface area (Å²) >= 11 is 5.78. The summed E-state index contributed by atoms with van der Waals surface area (Å²) in [5.74, 6) is 0.139. The SMILES string of the molecule is CCN1C=C(CCl)C(C2(C(F)(F)F)CC2)=CC1. The molecule has 2 aliphatic rings. The van der Waals surface area contributed by atoms with Crippen molar-refractivity contribution in [2.75, 3.05) is 19.0 Å². The van der Waals surface area contributed by atoms with Gasteiger partial charge in [-0.05, 0) is 30.9 Å². The Hall–Kier alpha value is -0.640. The molecule has 0 N–H and O–H groups in total. The number of likely N-dealkylation sites (N-methyl/N-ethyl adjacent to an activating group) is 1. The molecule has 0 atom stereocenters. The van der Waals surface area contributed by atoms with E-state index in [1.54, 1.807) is 12.3 Å². The molecule has 0 bridgehead atoms. The second kappa shape index (κ2) is 4.23. The van der Waals surface area contributed by atoms with E-state index in [2.05, 4.69) is 0 Å². The predicted octanol–water partition coefficient (Wildman–Crippen LogP) is 3.71. The number of alkyl halides is 4. The topological polar surface area (TPSA) is 3.24 Å². The first-order valence-electron chi connectivity index (χ1n) is 5.73. The minimum atomic E-state index is -4.15. The quantitative estimate of drug-likeness (QED) is 0.703. The molecule has 1 aliphatic heterocycles. The number of allylic oxidation sites excluding steroid dienone is 2. The second-order valence-corrected chi connectivity index (χ2v) is 4.84. The maximum atomic E-state index is 13.0. The van der Waals surface area contributed by atoms with Crippen LogP contribution in [-0.2, 0) is 0 Å². The minimum absolute atomic E-state index is 0.139. The maximum Gasteiger partial charge on any atom is 0.398 e. The molecular weight excluding hydrogens is 251 g/mol. The lowest BCUT2D eigenvalue weighted by atomic mass is 9.88. The monoisotopic (exact) mass is 265 g/mol. The van der Waals surface area contributed by atoms with Gasteiger partial charge in [-0.3, -0.25) is 0 Å². The molecule has 0 aromatic rings. The Kier molecular flexibility index (Phi) is 3.19. The lowest BCUT2D eigenvalue weighted by Gasteiger charge is -2.30. The molecule has 1 aliphatic carbocycles. The summed E-state index contributed by atoms with van der Waals surface area (Å²) in [4.78, 5) is 1.97. The molecule has 0 unspecified atom stereocenters. The molecule has 0 spiro atoms. The lowest BCUT2D eigenvalue weighted by molar-refractivity contribution is -0.174. The molecule has 96 valence electrons. The Balaban J connectivity index is 2.29. The first kappa shape index (κ1) is 12.8. The van der Waals surface area contributed by atoms with Gasteiger partial charge in [0, 0.05) is 25.2 Å². The van der Waals surface area contributed by atoms with Crippen molar-refractivity contribution in [1.82, 2.24) is 4.90 Å². The summed E-state index contributed by atoms with van der Waals surface area (Å²) in [7, 11) is 0. The number of halogens is 4. The van der Waals surface area contributed by atoms with Crippen molar-refractivity contribution in [1.29, 1.82) is 0 Å². The van der Waals surface area contributed by atoms with Crippen LogP contribution in [0.15, 0.2) is 23.4 Å². The highest BCUT2D eigenvalue weighted by molar-refractivity contribution is 6.19. The Morgan fingerprint density at radius 2 is 2.06 bits per heavy atom. The average molecular weight is 266 g/mol. The van der Waals surface area contributed by atoms with Crippen LogP contribution in [0.1, 0.15) is 19.8 Å². The van der Waals surface area contributed by atoms with Crippen molar-refractivity contribution >= 4 is 11.6 Å². The molecule has 1 heterocycles. The van der Waals surface area contributed by atoms with Crippen LogP contribution in [0.25, 0.3) is 0 Å². The Morgan fingerprint density at radius 3 is 2.47 bits per heavy atom. The number of hydrogen-bond donors (Lipinski definition) is 0. The van der Waals surface area contributed by atoms with Gasteiger partial charge in [-0.1, -0.05) is 6.08 Å². The second-order valence-electron chi connectivity index (χ2n) is 4.57. The molecule has 0 amide bonds. The standard InChI is InChI=1S/C12H15ClF3N/c1-2-17-6-3-10(9(7-13)8-17)11(4-5-11)12(14,15)16/h3,8H,2,4-7H2,1H3. The van der Waals surface area contributed by atoms with E-state index in [1.807, 2.05) is 11.8 Å². The number of rotatable bonds is 3. The van der Waals surface area contributed by atoms with E-state index in [4.69, 9.17) is 11.6 Å². The Bertz CT molecular complexity index is 366. The zero-order valence-electron chi connectivity index (χ0n) is 9.65. The van der Waals surface area contributed by atoms with E-state index in [1.165, 1.54) is 0 Å². The fourth-order valence-corrected chi connectivity index (χ4v) is 2.56. The molecule has 0 aromatic heterocycles. The third-order valence-corrected chi connectivity index (χ3v) is 3.86. The van der Waals surface area contributed by atoms with Gasteiger partial charge in [0.2, 0.25) is 0 Å². The molecule has 0 radical (unpaired) electrons. The summed E-state index contributed by atoms with van der Waals surface area (Å²) < 4.78 is 39.1. The van der Waals surface area contributed by atoms with Gasteiger partial charge >= 0.3 is 6.18 Å². The maximum absolute atomic E-state index is 13.0. The highest BCUT2D eigenvalue weighted by Crippen LogP contribution is 2.64. The number of nitrogens with zero attached hydrogens (tertiary/aromatic N) is 1. The van der Waals surface area contributed by atoms with Crippen LogP contribution in [0.3, 0.4) is 0 Å². The molecule has 0 aromatic carbocycles. The Morgan fingerprint density at radius 1 is 1.41 bits per heavy atom. The zero-order chi connectivity index (χ0) is 12.7. The first-order valence-corrected chi connectivity index (χ1v) is 6.26. The summed E-state index contributed by atoms with van der Waals surface area (Å²) in [5, 5.41) is 0. The molecule has 2 rings (SSSR count). The van der Waals surface area contributed by atoms with Crippen LogP contribution in [-0.4, -0.2) is 30.0 Å². The molecule has 1 saturated carbocycles. The van der Waals surface area contributed by atoms with Gasteiger partial charge in [0.1, 0.15) is 0 Å². The minimum Gasteiger partial charge on any atom is -0.374 e. The zero-order valence-corrected chi connectivity index (χ0v) is 10.4. The van der Waals surface area contributed by atoms with Crippen molar-refractivity contribution in [3.05, 3.63) is 23.4 Å². The molecule has 0 saturated heterocycles. The molecule has 17 heavy (non-hydrogen) atoms. The van der Waals surface area contributed by atoms with Gasteiger partial charge in [-0.15, -0.1) is 11.6 Å². The van der Waals surface area contributed by atoms with Crippen LogP contribution < -0.4 is 0 Å². The van der Waals surface area contributed by atoms with E-state index >= 15 is 0 Å². The van der Waals surface area contributed by atoms with E-state index in [9.17, 15) is 13.2 Å². The van der Waals surface area contributed by atoms with Crippen molar-refractivity contribution in [2.45, 2.75) is 25.9 Å². The van der Waals surface area contributed by atoms with E-state index in [0.29, 0.717) is 17.7 Å². The smallest absolute Gasteiger partial charge is 0.374 e. The van der Waals surface area contributed by atoms with E-state index in [-0.39, 0.29) is 18.7 Å². The highest BCUT2D eigenvalue weighted by Gasteiger charge is 2.65. The van der Waals surface area contributed by atoms with Crippen molar-refractivity contribution < 1.29 is 13.2 Å². The fourth-order valence-electron chi connectivity index (χ4n) is 2.34. The fraction of sp³-hybridized carbons (Fsp3) is 0.667. The van der Waals surface area contributed by atoms with Gasteiger partial charge in [0.25, 0.3) is 0 Å². The Labute approximate surface area is 104 Å². The predicted molar refractivity (Wildman–Crippen MR) is 61.9 cm³/mol. The van der Waals surface area contributed by atoms with Crippen LogP contribution in [0, 0.1) is 5.41 Å². The average Bonchev–Trinajstić information content (AvgIpc) is 3.08. The highest BCUT2D eigenvalue weighted by atomic mass is 35.5. The lowest BCUT2D eigenvalue weighted by Crippen LogP contribution is -2.31. The van der Waals surface area contributed by atoms with Crippen molar-refractivity contribution in [3.8, 4) is 0 Å². The summed E-state index contributed by atoms with van der Waals surface area (Å²) in [6.07, 6.45) is -0.292. The molecule has 1 fully saturated rings.